The maximum Gasteiger partial charge on any atom is 0.206 e. The van der Waals surface area contributed by atoms with Crippen LogP contribution in [0.5, 0.6) is 0 Å². The van der Waals surface area contributed by atoms with Crippen molar-refractivity contribution < 1.29 is 5.11 Å². The largest absolute Gasteiger partial charge is 0.391 e. The second-order valence-corrected chi connectivity index (χ2v) is 6.89. The molecule has 0 unspecified atom stereocenters. The number of fused-ring (bicyclic) bond motifs is 1. The van der Waals surface area contributed by atoms with E-state index >= 15 is 0 Å². The molecule has 2 heterocycles. The van der Waals surface area contributed by atoms with E-state index < -0.39 is 0 Å². The van der Waals surface area contributed by atoms with E-state index in [-0.39, 0.29) is 6.10 Å². The highest BCUT2D eigenvalue weighted by Gasteiger charge is 2.25. The number of benzene rings is 2. The summed E-state index contributed by atoms with van der Waals surface area (Å²) in [4.78, 5) is 6.90. The van der Waals surface area contributed by atoms with Gasteiger partial charge in [0.1, 0.15) is 0 Å². The third-order valence-corrected chi connectivity index (χ3v) is 5.17. The molecule has 1 N–H and O–H groups in total. The van der Waals surface area contributed by atoms with Crippen LogP contribution in [-0.2, 0) is 6.54 Å². The summed E-state index contributed by atoms with van der Waals surface area (Å²) in [7, 11) is 0. The van der Waals surface area contributed by atoms with E-state index in [1.165, 1.54) is 0 Å². The Balaban J connectivity index is 1.83. The number of rotatable bonds is 3. The minimum Gasteiger partial charge on any atom is -0.391 e. The van der Waals surface area contributed by atoms with Crippen molar-refractivity contribution in [2.75, 3.05) is 18.0 Å². The van der Waals surface area contributed by atoms with Gasteiger partial charge in [0.05, 0.1) is 23.7 Å². The van der Waals surface area contributed by atoms with E-state index in [2.05, 4.69) is 9.47 Å². The van der Waals surface area contributed by atoms with Crippen LogP contribution in [-0.4, -0.2) is 33.9 Å². The van der Waals surface area contributed by atoms with Crippen LogP contribution in [0.25, 0.3) is 11.0 Å². The quantitative estimate of drug-likeness (QED) is 0.767. The Labute approximate surface area is 150 Å². The summed E-state index contributed by atoms with van der Waals surface area (Å²) in [5.41, 5.74) is 2.84. The number of imidazole rings is 1. The Hall–Kier alpha value is -1.75. The summed E-state index contributed by atoms with van der Waals surface area (Å²) >= 11 is 12.7. The molecule has 4 nitrogen and oxygen atoms in total. The Kier molecular flexibility index (Phi) is 4.12. The zero-order valence-corrected chi connectivity index (χ0v) is 14.5. The Bertz CT molecular complexity index is 873. The molecule has 0 saturated carbocycles. The number of anilines is 1. The molecule has 0 radical (unpaired) electrons. The van der Waals surface area contributed by atoms with Gasteiger partial charge in [0.25, 0.3) is 0 Å². The number of β-amino-alcohol motifs (C(OH)–C–C–N with tert-alkyl or cyclic N) is 1. The first kappa shape index (κ1) is 15.8. The van der Waals surface area contributed by atoms with Gasteiger partial charge < -0.3 is 14.6 Å². The van der Waals surface area contributed by atoms with Crippen LogP contribution in [0.2, 0.25) is 10.0 Å². The summed E-state index contributed by atoms with van der Waals surface area (Å²) in [5.74, 6) is 0.851. The highest BCUT2D eigenvalue weighted by Crippen LogP contribution is 2.31. The van der Waals surface area contributed by atoms with Gasteiger partial charge in [0, 0.05) is 28.7 Å². The number of aliphatic hydroxyl groups excluding tert-OH is 1. The zero-order chi connectivity index (χ0) is 16.7. The van der Waals surface area contributed by atoms with Crippen molar-refractivity contribution in [3.63, 3.8) is 0 Å². The fraction of sp³-hybridized carbons (Fsp3) is 0.278. The second kappa shape index (κ2) is 6.28. The number of nitrogens with zero attached hydrogens (tertiary/aromatic N) is 3. The first-order chi connectivity index (χ1) is 11.6. The number of hydrogen-bond acceptors (Lipinski definition) is 3. The molecule has 0 bridgehead atoms. The summed E-state index contributed by atoms with van der Waals surface area (Å²) < 4.78 is 2.13. The lowest BCUT2D eigenvalue weighted by atomic mass is 10.2. The molecule has 1 saturated heterocycles. The van der Waals surface area contributed by atoms with Crippen LogP contribution in [0.15, 0.2) is 42.5 Å². The predicted octanol–water partition coefficient (Wildman–Crippen LogP) is 3.96. The van der Waals surface area contributed by atoms with Gasteiger partial charge in [-0.15, -0.1) is 0 Å². The van der Waals surface area contributed by atoms with Crippen molar-refractivity contribution in [3.8, 4) is 0 Å². The van der Waals surface area contributed by atoms with Gasteiger partial charge in [-0.05, 0) is 30.7 Å². The van der Waals surface area contributed by atoms with Gasteiger partial charge >= 0.3 is 0 Å². The fourth-order valence-electron chi connectivity index (χ4n) is 3.23. The zero-order valence-electron chi connectivity index (χ0n) is 13.0. The van der Waals surface area contributed by atoms with Gasteiger partial charge in [-0.2, -0.15) is 0 Å². The van der Waals surface area contributed by atoms with Gasteiger partial charge in [-0.1, -0.05) is 41.4 Å². The van der Waals surface area contributed by atoms with Gasteiger partial charge in [0.2, 0.25) is 5.95 Å². The molecule has 1 aliphatic heterocycles. The van der Waals surface area contributed by atoms with E-state index in [1.54, 1.807) is 0 Å². The molecule has 1 atom stereocenters. The number of hydrogen-bond donors (Lipinski definition) is 1. The average Bonchev–Trinajstić information content (AvgIpc) is 3.15. The van der Waals surface area contributed by atoms with Gasteiger partial charge in [-0.3, -0.25) is 0 Å². The summed E-state index contributed by atoms with van der Waals surface area (Å²) in [6, 6.07) is 13.6. The van der Waals surface area contributed by atoms with E-state index in [9.17, 15) is 5.11 Å². The van der Waals surface area contributed by atoms with Crippen LogP contribution in [0.1, 0.15) is 12.0 Å². The molecular weight excluding hydrogens is 345 g/mol. The molecule has 24 heavy (non-hydrogen) atoms. The number of aromatic nitrogens is 2. The molecule has 3 aromatic rings. The van der Waals surface area contributed by atoms with Crippen molar-refractivity contribution in [2.24, 2.45) is 0 Å². The van der Waals surface area contributed by atoms with Crippen LogP contribution < -0.4 is 4.90 Å². The minimum absolute atomic E-state index is 0.304. The van der Waals surface area contributed by atoms with Crippen LogP contribution in [0.3, 0.4) is 0 Å². The van der Waals surface area contributed by atoms with E-state index in [1.807, 2.05) is 42.5 Å². The molecule has 1 aliphatic rings. The molecule has 6 heteroatoms. The minimum atomic E-state index is -0.304. The van der Waals surface area contributed by atoms with Crippen molar-refractivity contribution in [2.45, 2.75) is 19.1 Å². The summed E-state index contributed by atoms with van der Waals surface area (Å²) in [6.45, 7) is 1.93. The standard InChI is InChI=1S/C18H17Cl2N3O/c19-14-4-3-5-15(20)13(14)11-23-17-7-2-1-6-16(17)21-18(23)22-9-8-12(24)10-22/h1-7,12,24H,8-11H2/t12-/m0/s1. The monoisotopic (exact) mass is 361 g/mol. The van der Waals surface area contributed by atoms with Gasteiger partial charge in [-0.25, -0.2) is 4.98 Å². The SMILES string of the molecule is O[C@H]1CCN(c2nc3ccccc3n2Cc2c(Cl)cccc2Cl)C1. The second-order valence-electron chi connectivity index (χ2n) is 6.08. The van der Waals surface area contributed by atoms with Crippen molar-refractivity contribution in [3.05, 3.63) is 58.1 Å². The number of para-hydroxylation sites is 2. The predicted molar refractivity (Wildman–Crippen MR) is 98.1 cm³/mol. The van der Waals surface area contributed by atoms with Crippen LogP contribution in [0.4, 0.5) is 5.95 Å². The third kappa shape index (κ3) is 2.75. The maximum absolute atomic E-state index is 9.88. The van der Waals surface area contributed by atoms with E-state index in [0.29, 0.717) is 23.1 Å². The summed E-state index contributed by atoms with van der Waals surface area (Å²) in [6.07, 6.45) is 0.456. The lowest BCUT2D eigenvalue weighted by molar-refractivity contribution is 0.198. The van der Waals surface area contributed by atoms with Crippen molar-refractivity contribution in [1.29, 1.82) is 0 Å². The molecule has 0 spiro atoms. The Morgan fingerprint density at radius 3 is 2.54 bits per heavy atom. The molecule has 124 valence electrons. The highest BCUT2D eigenvalue weighted by molar-refractivity contribution is 6.36. The molecular formula is C18H17Cl2N3O. The van der Waals surface area contributed by atoms with E-state index in [4.69, 9.17) is 28.2 Å². The number of halogens is 2. The Morgan fingerprint density at radius 2 is 1.83 bits per heavy atom. The normalized spacial score (nSPS) is 17.8. The molecule has 4 rings (SSSR count). The topological polar surface area (TPSA) is 41.3 Å². The molecule has 0 amide bonds. The first-order valence-electron chi connectivity index (χ1n) is 7.94. The smallest absolute Gasteiger partial charge is 0.206 e. The highest BCUT2D eigenvalue weighted by atomic mass is 35.5. The lowest BCUT2D eigenvalue weighted by Crippen LogP contribution is -2.25. The lowest BCUT2D eigenvalue weighted by Gasteiger charge is -2.19. The molecule has 2 aromatic carbocycles. The molecule has 1 fully saturated rings. The molecule has 1 aromatic heterocycles. The fourth-order valence-corrected chi connectivity index (χ4v) is 3.74. The molecule has 0 aliphatic carbocycles. The average molecular weight is 362 g/mol. The van der Waals surface area contributed by atoms with Crippen molar-refractivity contribution >= 4 is 40.2 Å². The summed E-state index contributed by atoms with van der Waals surface area (Å²) in [5, 5.41) is 11.2. The van der Waals surface area contributed by atoms with Crippen LogP contribution in [0, 0.1) is 0 Å². The maximum atomic E-state index is 9.88. The van der Waals surface area contributed by atoms with Crippen molar-refractivity contribution in [1.82, 2.24) is 9.55 Å². The number of aliphatic hydroxyl groups is 1. The first-order valence-corrected chi connectivity index (χ1v) is 8.70. The van der Waals surface area contributed by atoms with Crippen LogP contribution >= 0.6 is 23.2 Å². The third-order valence-electron chi connectivity index (χ3n) is 4.46. The van der Waals surface area contributed by atoms with Gasteiger partial charge in [0.15, 0.2) is 0 Å². The van der Waals surface area contributed by atoms with E-state index in [0.717, 1.165) is 35.5 Å². The Morgan fingerprint density at radius 1 is 1.08 bits per heavy atom.